The van der Waals surface area contributed by atoms with Crippen LogP contribution < -0.4 is 5.32 Å². The highest BCUT2D eigenvalue weighted by Gasteiger charge is 2.40. The van der Waals surface area contributed by atoms with E-state index in [2.05, 4.69) is 30.5 Å². The number of hydrogen-bond acceptors (Lipinski definition) is 8. The number of nitrogens with zero attached hydrogens (tertiary/aromatic N) is 5. The van der Waals surface area contributed by atoms with Gasteiger partial charge in [-0.3, -0.25) is 9.89 Å². The normalized spacial score (nSPS) is 26.9. The highest BCUT2D eigenvalue weighted by molar-refractivity contribution is 6.30. The third-order valence-corrected chi connectivity index (χ3v) is 6.12. The molecule has 1 amide bonds. The summed E-state index contributed by atoms with van der Waals surface area (Å²) in [5.41, 5.74) is 0.368. The smallest absolute Gasteiger partial charge is 0.273 e. The van der Waals surface area contributed by atoms with Gasteiger partial charge in [0.15, 0.2) is 5.65 Å². The summed E-state index contributed by atoms with van der Waals surface area (Å²) >= 11 is 6.12. The van der Waals surface area contributed by atoms with Gasteiger partial charge < -0.3 is 20.4 Å². The lowest BCUT2D eigenvalue weighted by atomic mass is 10.1. The van der Waals surface area contributed by atoms with Crippen LogP contribution in [-0.4, -0.2) is 77.1 Å². The number of amides is 1. The van der Waals surface area contributed by atoms with Gasteiger partial charge in [-0.1, -0.05) is 23.8 Å². The highest BCUT2D eigenvalue weighted by Crippen LogP contribution is 2.38. The van der Waals surface area contributed by atoms with Crippen molar-refractivity contribution in [3.63, 3.8) is 0 Å². The topological polar surface area (TPSA) is 140 Å². The molecule has 3 aromatic heterocycles. The van der Waals surface area contributed by atoms with Crippen molar-refractivity contribution in [1.29, 1.82) is 0 Å². The van der Waals surface area contributed by atoms with Gasteiger partial charge in [0.05, 0.1) is 30.2 Å². The van der Waals surface area contributed by atoms with Crippen molar-refractivity contribution in [2.45, 2.75) is 36.9 Å². The lowest BCUT2D eigenvalue weighted by Gasteiger charge is -2.25. The van der Waals surface area contributed by atoms with E-state index in [1.165, 1.54) is 17.3 Å². The summed E-state index contributed by atoms with van der Waals surface area (Å²) in [6, 6.07) is -0.362. The number of fused-ring (bicyclic) bond motifs is 1. The molecule has 0 spiro atoms. The van der Waals surface area contributed by atoms with Crippen molar-refractivity contribution in [2.75, 3.05) is 11.9 Å². The number of pyridine rings is 1. The van der Waals surface area contributed by atoms with Crippen LogP contribution in [0.2, 0.25) is 5.15 Å². The molecule has 2 aliphatic rings. The molecule has 10 nitrogen and oxygen atoms in total. The van der Waals surface area contributed by atoms with Crippen LogP contribution in [0.25, 0.3) is 11.0 Å². The van der Waals surface area contributed by atoms with Crippen LogP contribution in [0.4, 0.5) is 14.6 Å². The fraction of sp³-hybridized carbons (Fsp3) is 0.350. The zero-order chi connectivity index (χ0) is 23.3. The monoisotopic (exact) mass is 477 g/mol. The van der Waals surface area contributed by atoms with Crippen molar-refractivity contribution in [1.82, 2.24) is 30.0 Å². The first-order valence-corrected chi connectivity index (χ1v) is 10.5. The number of carbonyl (C=O) groups excluding carboxylic acids is 1. The van der Waals surface area contributed by atoms with E-state index in [9.17, 15) is 23.8 Å². The number of H-pyrrole nitrogens is 1. The minimum absolute atomic E-state index is 0.00954. The fourth-order valence-electron chi connectivity index (χ4n) is 4.20. The molecule has 3 aromatic rings. The number of aliphatic hydroxyl groups is 2. The zero-order valence-corrected chi connectivity index (χ0v) is 17.6. The van der Waals surface area contributed by atoms with Gasteiger partial charge in [-0.05, 0) is 6.07 Å². The summed E-state index contributed by atoms with van der Waals surface area (Å²) in [4.78, 5) is 26.7. The van der Waals surface area contributed by atoms with E-state index in [0.717, 1.165) is 12.3 Å². The van der Waals surface area contributed by atoms with Gasteiger partial charge in [-0.2, -0.15) is 5.10 Å². The zero-order valence-electron chi connectivity index (χ0n) is 16.9. The highest BCUT2D eigenvalue weighted by atomic mass is 35.5. The molecule has 0 aromatic carbocycles. The standard InChI is InChI=1S/C20H18ClF2N7O3/c21-17-10(3-8(22)5-24-17)12-4-9(23)6-30(12)20(33)15-14-18(25-7-26-19(14)29-28-15)27-11-1-2-13(31)16(11)32/h1-3,5,7,9,11-13,16,31-32H,4,6H2,(H2,25,26,27,28,29)/t9-,11+,12+,13+,16-/m0/s1. The van der Waals surface area contributed by atoms with Crippen LogP contribution in [-0.2, 0) is 0 Å². The molecule has 4 N–H and O–H groups in total. The van der Waals surface area contributed by atoms with Gasteiger partial charge in [-0.25, -0.2) is 23.7 Å². The lowest BCUT2D eigenvalue weighted by Crippen LogP contribution is -2.35. The molecule has 5 atom stereocenters. The lowest BCUT2D eigenvalue weighted by molar-refractivity contribution is 0.0552. The molecule has 5 rings (SSSR count). The number of nitrogens with one attached hydrogen (secondary N) is 2. The Kier molecular flexibility index (Phi) is 5.43. The molecule has 0 bridgehead atoms. The summed E-state index contributed by atoms with van der Waals surface area (Å²) < 4.78 is 28.2. The summed E-state index contributed by atoms with van der Waals surface area (Å²) in [7, 11) is 0. The van der Waals surface area contributed by atoms with Crippen molar-refractivity contribution in [3.8, 4) is 0 Å². The number of halogens is 3. The van der Waals surface area contributed by atoms with Crippen LogP contribution in [0, 0.1) is 5.82 Å². The minimum Gasteiger partial charge on any atom is -0.388 e. The van der Waals surface area contributed by atoms with Crippen LogP contribution >= 0.6 is 11.6 Å². The van der Waals surface area contributed by atoms with E-state index in [0.29, 0.717) is 0 Å². The van der Waals surface area contributed by atoms with Crippen molar-refractivity contribution < 1.29 is 23.8 Å². The Labute approximate surface area is 190 Å². The van der Waals surface area contributed by atoms with Crippen LogP contribution in [0.3, 0.4) is 0 Å². The molecule has 4 heterocycles. The maximum Gasteiger partial charge on any atom is 0.273 e. The molecule has 13 heteroatoms. The largest absolute Gasteiger partial charge is 0.388 e. The Morgan fingerprint density at radius 3 is 2.85 bits per heavy atom. The van der Waals surface area contributed by atoms with Gasteiger partial charge in [0.1, 0.15) is 47.2 Å². The Hall–Kier alpha value is -3.22. The van der Waals surface area contributed by atoms with E-state index in [1.807, 2.05) is 0 Å². The molecule has 1 fully saturated rings. The molecular weight excluding hydrogens is 460 g/mol. The molecule has 0 unspecified atom stereocenters. The van der Waals surface area contributed by atoms with Crippen LogP contribution in [0.15, 0.2) is 30.7 Å². The summed E-state index contributed by atoms with van der Waals surface area (Å²) in [6.45, 7) is -0.233. The molecular formula is C20H18ClF2N7O3. The first-order chi connectivity index (χ1) is 15.8. The van der Waals surface area contributed by atoms with Crippen molar-refractivity contribution in [3.05, 3.63) is 53.0 Å². The van der Waals surface area contributed by atoms with Gasteiger partial charge in [0.2, 0.25) is 0 Å². The first kappa shape index (κ1) is 21.6. The Morgan fingerprint density at radius 1 is 1.27 bits per heavy atom. The average molecular weight is 478 g/mol. The second-order valence-electron chi connectivity index (χ2n) is 7.90. The number of rotatable bonds is 4. The number of aromatic amines is 1. The molecule has 172 valence electrons. The van der Waals surface area contributed by atoms with Gasteiger partial charge in [0.25, 0.3) is 5.91 Å². The molecule has 1 aliphatic carbocycles. The molecule has 0 saturated carbocycles. The van der Waals surface area contributed by atoms with Gasteiger partial charge in [-0.15, -0.1) is 0 Å². The number of carbonyl (C=O) groups is 1. The molecule has 1 saturated heterocycles. The predicted molar refractivity (Wildman–Crippen MR) is 113 cm³/mol. The SMILES string of the molecule is O=C(c1[nH]nc2ncnc(N[C@@H]3C=C[C@@H](O)[C@H]3O)c12)N1C[C@@H](F)C[C@@H]1c1cc(F)cnc1Cl. The summed E-state index contributed by atoms with van der Waals surface area (Å²) in [5, 5.41) is 29.7. The van der Waals surface area contributed by atoms with E-state index >= 15 is 0 Å². The first-order valence-electron chi connectivity index (χ1n) is 10.1. The predicted octanol–water partition coefficient (Wildman–Crippen LogP) is 1.54. The second kappa shape index (κ2) is 8.28. The third kappa shape index (κ3) is 3.79. The number of alkyl halides is 1. The van der Waals surface area contributed by atoms with Crippen molar-refractivity contribution in [2.24, 2.45) is 0 Å². The Balaban J connectivity index is 1.51. The van der Waals surface area contributed by atoms with E-state index in [4.69, 9.17) is 11.6 Å². The number of likely N-dealkylation sites (tertiary alicyclic amines) is 1. The minimum atomic E-state index is -1.35. The summed E-state index contributed by atoms with van der Waals surface area (Å²) in [6.07, 6.45) is 1.63. The van der Waals surface area contributed by atoms with Crippen LogP contribution in [0.1, 0.15) is 28.5 Å². The van der Waals surface area contributed by atoms with Crippen molar-refractivity contribution >= 4 is 34.4 Å². The van der Waals surface area contributed by atoms with Gasteiger partial charge >= 0.3 is 0 Å². The molecule has 33 heavy (non-hydrogen) atoms. The van der Waals surface area contributed by atoms with Crippen LogP contribution in [0.5, 0.6) is 0 Å². The van der Waals surface area contributed by atoms with E-state index in [1.54, 1.807) is 6.08 Å². The fourth-order valence-corrected chi connectivity index (χ4v) is 4.43. The maximum atomic E-state index is 14.4. The third-order valence-electron chi connectivity index (χ3n) is 5.80. The number of hydrogen-bond donors (Lipinski definition) is 4. The quantitative estimate of drug-likeness (QED) is 0.327. The molecule has 0 radical (unpaired) electrons. The number of aliphatic hydroxyl groups excluding tert-OH is 2. The summed E-state index contributed by atoms with van der Waals surface area (Å²) in [5.74, 6) is -1.07. The molecule has 1 aliphatic heterocycles. The van der Waals surface area contributed by atoms with E-state index in [-0.39, 0.29) is 46.2 Å². The Bertz CT molecular complexity index is 1260. The number of aromatic nitrogens is 5. The average Bonchev–Trinajstić information content (AvgIpc) is 3.49. The number of anilines is 1. The second-order valence-corrected chi connectivity index (χ2v) is 8.25. The maximum absolute atomic E-state index is 14.4. The Morgan fingerprint density at radius 2 is 2.09 bits per heavy atom. The van der Waals surface area contributed by atoms with Gasteiger partial charge in [0, 0.05) is 12.0 Å². The van der Waals surface area contributed by atoms with E-state index < -0.39 is 42.2 Å².